The summed E-state index contributed by atoms with van der Waals surface area (Å²) in [4.78, 5) is 25.0. The van der Waals surface area contributed by atoms with E-state index in [1.165, 1.54) is 0 Å². The van der Waals surface area contributed by atoms with Crippen molar-refractivity contribution in [1.82, 2.24) is 4.90 Å². The fourth-order valence-corrected chi connectivity index (χ4v) is 3.40. The zero-order valence-electron chi connectivity index (χ0n) is 16.3. The van der Waals surface area contributed by atoms with Crippen LogP contribution in [-0.4, -0.2) is 45.7 Å². The molecule has 0 bridgehead atoms. The molecule has 1 aliphatic rings. The van der Waals surface area contributed by atoms with Gasteiger partial charge in [0.25, 0.3) is 0 Å². The number of hydrogen-bond donors (Lipinski definition) is 2. The Morgan fingerprint density at radius 3 is 2.59 bits per heavy atom. The maximum absolute atomic E-state index is 12.2. The molecule has 2 rings (SSSR count). The molecule has 0 radical (unpaired) electrons. The molecule has 2 atom stereocenters. The normalized spacial score (nSPS) is 18.6. The standard InChI is InChI=1S/C22H31NO4/c1-16(2)4-3-5-20(24)12-10-19-11-13-21(25)23(19)15-14-17-6-8-18(9-7-17)22(26)27/h6-10,12,16,19-20,24H,3-5,11,13-15H2,1-2H3,(H,26,27)/b12-10+/t19-,20+/m0/s1. The van der Waals surface area contributed by atoms with Gasteiger partial charge in [-0.1, -0.05) is 51.0 Å². The molecule has 27 heavy (non-hydrogen) atoms. The highest BCUT2D eigenvalue weighted by molar-refractivity contribution is 5.87. The van der Waals surface area contributed by atoms with Gasteiger partial charge in [-0.2, -0.15) is 0 Å². The maximum Gasteiger partial charge on any atom is 0.335 e. The summed E-state index contributed by atoms with van der Waals surface area (Å²) in [5, 5.41) is 19.1. The number of carboxylic acid groups (broad SMARTS) is 1. The Balaban J connectivity index is 1.86. The first kappa shape index (κ1) is 21.2. The van der Waals surface area contributed by atoms with Crippen molar-refractivity contribution in [3.63, 3.8) is 0 Å². The molecule has 0 unspecified atom stereocenters. The predicted molar refractivity (Wildman–Crippen MR) is 106 cm³/mol. The topological polar surface area (TPSA) is 77.8 Å². The highest BCUT2D eigenvalue weighted by atomic mass is 16.4. The van der Waals surface area contributed by atoms with Gasteiger partial charge < -0.3 is 15.1 Å². The SMILES string of the molecule is CC(C)CCC[C@@H](O)/C=C/[C@H]1CCC(=O)N1CCc1ccc(C(=O)O)cc1. The number of aliphatic hydroxyl groups excluding tert-OH is 1. The lowest BCUT2D eigenvalue weighted by Crippen LogP contribution is -2.33. The van der Waals surface area contributed by atoms with Crippen LogP contribution in [0.4, 0.5) is 0 Å². The van der Waals surface area contributed by atoms with Gasteiger partial charge in [-0.25, -0.2) is 4.79 Å². The van der Waals surface area contributed by atoms with Crippen molar-refractivity contribution >= 4 is 11.9 Å². The second kappa shape index (κ2) is 10.3. The Morgan fingerprint density at radius 2 is 1.96 bits per heavy atom. The molecule has 1 aliphatic heterocycles. The van der Waals surface area contributed by atoms with Crippen LogP contribution in [0.1, 0.15) is 61.9 Å². The predicted octanol–water partition coefficient (Wildman–Crippen LogP) is 3.66. The highest BCUT2D eigenvalue weighted by Crippen LogP contribution is 2.21. The lowest BCUT2D eigenvalue weighted by molar-refractivity contribution is -0.128. The zero-order valence-corrected chi connectivity index (χ0v) is 16.3. The van der Waals surface area contributed by atoms with Crippen LogP contribution in [0, 0.1) is 5.92 Å². The van der Waals surface area contributed by atoms with E-state index >= 15 is 0 Å². The van der Waals surface area contributed by atoms with E-state index in [1.54, 1.807) is 24.3 Å². The van der Waals surface area contributed by atoms with Crippen LogP contribution in [0.3, 0.4) is 0 Å². The molecular formula is C22H31NO4. The minimum absolute atomic E-state index is 0.0375. The Hall–Kier alpha value is -2.14. The number of carbonyl (C=O) groups excluding carboxylic acids is 1. The number of benzene rings is 1. The molecule has 1 aromatic rings. The van der Waals surface area contributed by atoms with E-state index in [1.807, 2.05) is 17.1 Å². The minimum Gasteiger partial charge on any atom is -0.478 e. The smallest absolute Gasteiger partial charge is 0.335 e. The Kier molecular flexibility index (Phi) is 8.04. The second-order valence-corrected chi connectivity index (χ2v) is 7.72. The molecule has 0 spiro atoms. The summed E-state index contributed by atoms with van der Waals surface area (Å²) in [6, 6.07) is 6.82. The van der Waals surface area contributed by atoms with Crippen molar-refractivity contribution in [2.24, 2.45) is 5.92 Å². The third-order valence-corrected chi connectivity index (χ3v) is 5.05. The first-order valence-electron chi connectivity index (χ1n) is 9.85. The largest absolute Gasteiger partial charge is 0.478 e. The fraction of sp³-hybridized carbons (Fsp3) is 0.545. The highest BCUT2D eigenvalue weighted by Gasteiger charge is 2.28. The number of rotatable bonds is 10. The van der Waals surface area contributed by atoms with Crippen LogP contribution in [-0.2, 0) is 11.2 Å². The van der Waals surface area contributed by atoms with Crippen LogP contribution in [0.5, 0.6) is 0 Å². The minimum atomic E-state index is -0.937. The molecule has 5 nitrogen and oxygen atoms in total. The van der Waals surface area contributed by atoms with Crippen molar-refractivity contribution in [1.29, 1.82) is 0 Å². The second-order valence-electron chi connectivity index (χ2n) is 7.72. The van der Waals surface area contributed by atoms with Crippen molar-refractivity contribution in [3.8, 4) is 0 Å². The van der Waals surface area contributed by atoms with Crippen LogP contribution < -0.4 is 0 Å². The van der Waals surface area contributed by atoms with Gasteiger partial charge in [-0.05, 0) is 42.9 Å². The van der Waals surface area contributed by atoms with Gasteiger partial charge in [0, 0.05) is 13.0 Å². The summed E-state index contributed by atoms with van der Waals surface area (Å²) in [5.41, 5.74) is 1.28. The molecule has 1 fully saturated rings. The summed E-state index contributed by atoms with van der Waals surface area (Å²) in [6.45, 7) is 4.96. The number of carbonyl (C=O) groups is 2. The monoisotopic (exact) mass is 373 g/mol. The number of aromatic carboxylic acids is 1. The molecule has 1 saturated heterocycles. The maximum atomic E-state index is 12.2. The van der Waals surface area contributed by atoms with Crippen LogP contribution in [0.2, 0.25) is 0 Å². The van der Waals surface area contributed by atoms with Gasteiger partial charge in [0.05, 0.1) is 17.7 Å². The van der Waals surface area contributed by atoms with E-state index in [0.717, 1.165) is 31.2 Å². The fourth-order valence-electron chi connectivity index (χ4n) is 3.40. The van der Waals surface area contributed by atoms with Crippen molar-refractivity contribution in [2.45, 2.75) is 64.5 Å². The average Bonchev–Trinajstić information content (AvgIpc) is 2.98. The molecule has 1 aromatic carbocycles. The van der Waals surface area contributed by atoms with Gasteiger partial charge in [0.1, 0.15) is 0 Å². The first-order valence-corrected chi connectivity index (χ1v) is 9.85. The molecule has 1 amide bonds. The number of likely N-dealkylation sites (tertiary alicyclic amines) is 1. The molecule has 148 valence electrons. The number of aliphatic hydroxyl groups is 1. The molecule has 0 saturated carbocycles. The van der Waals surface area contributed by atoms with Gasteiger partial charge in [0.15, 0.2) is 0 Å². The van der Waals surface area contributed by atoms with Gasteiger partial charge in [0.2, 0.25) is 5.91 Å². The molecule has 5 heteroatoms. The summed E-state index contributed by atoms with van der Waals surface area (Å²) in [5.74, 6) is -0.150. The zero-order chi connectivity index (χ0) is 19.8. The Morgan fingerprint density at radius 1 is 1.26 bits per heavy atom. The molecule has 2 N–H and O–H groups in total. The number of carboxylic acids is 1. The summed E-state index contributed by atoms with van der Waals surface area (Å²) >= 11 is 0. The third-order valence-electron chi connectivity index (χ3n) is 5.05. The summed E-state index contributed by atoms with van der Waals surface area (Å²) in [7, 11) is 0. The van der Waals surface area contributed by atoms with E-state index in [-0.39, 0.29) is 17.5 Å². The van der Waals surface area contributed by atoms with Crippen LogP contribution in [0.25, 0.3) is 0 Å². The van der Waals surface area contributed by atoms with E-state index in [9.17, 15) is 14.7 Å². The third kappa shape index (κ3) is 6.83. The lowest BCUT2D eigenvalue weighted by atomic mass is 10.0. The van der Waals surface area contributed by atoms with Crippen molar-refractivity contribution < 1.29 is 19.8 Å². The molecular weight excluding hydrogens is 342 g/mol. The number of hydrogen-bond acceptors (Lipinski definition) is 3. The average molecular weight is 373 g/mol. The number of amides is 1. The lowest BCUT2D eigenvalue weighted by Gasteiger charge is -2.23. The first-order chi connectivity index (χ1) is 12.9. The Labute approximate surface area is 161 Å². The van der Waals surface area contributed by atoms with Crippen molar-refractivity contribution in [2.75, 3.05) is 6.54 Å². The quantitative estimate of drug-likeness (QED) is 0.614. The number of nitrogens with zero attached hydrogens (tertiary/aromatic N) is 1. The summed E-state index contributed by atoms with van der Waals surface area (Å²) in [6.07, 6.45) is 8.23. The molecule has 1 heterocycles. The van der Waals surface area contributed by atoms with E-state index in [2.05, 4.69) is 13.8 Å². The van der Waals surface area contributed by atoms with E-state index < -0.39 is 12.1 Å². The van der Waals surface area contributed by atoms with Gasteiger partial charge in [-0.3, -0.25) is 4.79 Å². The van der Waals surface area contributed by atoms with Crippen molar-refractivity contribution in [3.05, 3.63) is 47.5 Å². The van der Waals surface area contributed by atoms with Crippen LogP contribution in [0.15, 0.2) is 36.4 Å². The van der Waals surface area contributed by atoms with E-state index in [0.29, 0.717) is 25.3 Å². The van der Waals surface area contributed by atoms with E-state index in [4.69, 9.17) is 5.11 Å². The summed E-state index contributed by atoms with van der Waals surface area (Å²) < 4.78 is 0. The van der Waals surface area contributed by atoms with Gasteiger partial charge in [-0.15, -0.1) is 0 Å². The molecule has 0 aliphatic carbocycles. The molecule has 0 aromatic heterocycles. The van der Waals surface area contributed by atoms with Gasteiger partial charge >= 0.3 is 5.97 Å². The Bertz CT molecular complexity index is 651. The van der Waals surface area contributed by atoms with Crippen LogP contribution >= 0.6 is 0 Å².